The summed E-state index contributed by atoms with van der Waals surface area (Å²) in [5.41, 5.74) is 0. The minimum atomic E-state index is -0.198. The largest absolute Gasteiger partial charge is 0.356 e. The summed E-state index contributed by atoms with van der Waals surface area (Å²) in [6.45, 7) is 3.07. The summed E-state index contributed by atoms with van der Waals surface area (Å²) in [5, 5.41) is 2.94. The summed E-state index contributed by atoms with van der Waals surface area (Å²) in [6.07, 6.45) is 7.42. The molecule has 2 rings (SSSR count). The quantitative estimate of drug-likeness (QED) is 0.770. The van der Waals surface area contributed by atoms with E-state index in [1.54, 1.807) is 0 Å². The molecule has 0 aromatic rings. The fourth-order valence-corrected chi connectivity index (χ4v) is 3.01. The molecule has 3 amide bonds. The van der Waals surface area contributed by atoms with Crippen molar-refractivity contribution in [2.75, 3.05) is 13.1 Å². The zero-order valence-electron chi connectivity index (χ0n) is 11.9. The second kappa shape index (κ2) is 6.68. The van der Waals surface area contributed by atoms with Crippen LogP contribution >= 0.6 is 0 Å². The highest BCUT2D eigenvalue weighted by molar-refractivity contribution is 6.12. The summed E-state index contributed by atoms with van der Waals surface area (Å²) >= 11 is 0. The standard InChI is InChI=1S/C15H22N2O3/c1-2-13(18)16-9-11-4-3-5-12(8-11)10-17-14(19)6-7-15(17)20/h6-7,11-12H,2-5,8-10H2,1H3,(H,16,18). The van der Waals surface area contributed by atoms with Crippen LogP contribution < -0.4 is 5.32 Å². The highest BCUT2D eigenvalue weighted by Crippen LogP contribution is 2.29. The van der Waals surface area contributed by atoms with Gasteiger partial charge in [0.05, 0.1) is 0 Å². The monoisotopic (exact) mass is 278 g/mol. The SMILES string of the molecule is CCC(=O)NCC1CCCC(CN2C(=O)C=CC2=O)C1. The van der Waals surface area contributed by atoms with Gasteiger partial charge in [-0.3, -0.25) is 19.3 Å². The van der Waals surface area contributed by atoms with Gasteiger partial charge in [0, 0.05) is 31.7 Å². The molecule has 0 aromatic carbocycles. The second-order valence-corrected chi connectivity index (χ2v) is 5.68. The molecular weight excluding hydrogens is 256 g/mol. The molecular formula is C15H22N2O3. The smallest absolute Gasteiger partial charge is 0.253 e. The lowest BCUT2D eigenvalue weighted by Crippen LogP contribution is -2.38. The van der Waals surface area contributed by atoms with Gasteiger partial charge in [-0.05, 0) is 31.1 Å². The Labute approximate surface area is 119 Å². The van der Waals surface area contributed by atoms with Crippen LogP contribution in [0.15, 0.2) is 12.2 Å². The Balaban J connectivity index is 1.80. The van der Waals surface area contributed by atoms with Crippen LogP contribution in [0.5, 0.6) is 0 Å². The highest BCUT2D eigenvalue weighted by atomic mass is 16.2. The van der Waals surface area contributed by atoms with Crippen LogP contribution in [0.3, 0.4) is 0 Å². The van der Waals surface area contributed by atoms with Gasteiger partial charge in [0.2, 0.25) is 5.91 Å². The van der Waals surface area contributed by atoms with E-state index in [1.165, 1.54) is 17.1 Å². The minimum absolute atomic E-state index is 0.0845. The Bertz CT molecular complexity index is 413. The number of nitrogens with one attached hydrogen (secondary N) is 1. The molecule has 2 unspecified atom stereocenters. The fraction of sp³-hybridized carbons (Fsp3) is 0.667. The summed E-state index contributed by atoms with van der Waals surface area (Å²) in [4.78, 5) is 35.7. The number of amides is 3. The van der Waals surface area contributed by atoms with E-state index >= 15 is 0 Å². The third-order valence-electron chi connectivity index (χ3n) is 4.14. The van der Waals surface area contributed by atoms with E-state index in [0.29, 0.717) is 31.3 Å². The number of hydrogen-bond donors (Lipinski definition) is 1. The van der Waals surface area contributed by atoms with Crippen LogP contribution in [0.25, 0.3) is 0 Å². The Hall–Kier alpha value is -1.65. The second-order valence-electron chi connectivity index (χ2n) is 5.68. The first-order chi connectivity index (χ1) is 9.60. The van der Waals surface area contributed by atoms with Crippen molar-refractivity contribution in [3.8, 4) is 0 Å². The van der Waals surface area contributed by atoms with Crippen LogP contribution in [0.4, 0.5) is 0 Å². The van der Waals surface area contributed by atoms with Crippen LogP contribution in [0.2, 0.25) is 0 Å². The number of imide groups is 1. The van der Waals surface area contributed by atoms with Crippen LogP contribution in [-0.2, 0) is 14.4 Å². The Morgan fingerprint density at radius 2 is 1.90 bits per heavy atom. The third-order valence-corrected chi connectivity index (χ3v) is 4.14. The summed E-state index contributed by atoms with van der Waals surface area (Å²) in [7, 11) is 0. The van der Waals surface area contributed by atoms with Crippen LogP contribution in [0, 0.1) is 11.8 Å². The predicted octanol–water partition coefficient (Wildman–Crippen LogP) is 1.24. The molecule has 0 aromatic heterocycles. The van der Waals surface area contributed by atoms with Gasteiger partial charge in [0.25, 0.3) is 11.8 Å². The lowest BCUT2D eigenvalue weighted by molar-refractivity contribution is -0.137. The zero-order valence-corrected chi connectivity index (χ0v) is 11.9. The lowest BCUT2D eigenvalue weighted by Gasteiger charge is -2.31. The highest BCUT2D eigenvalue weighted by Gasteiger charge is 2.29. The van der Waals surface area contributed by atoms with Crippen LogP contribution in [0.1, 0.15) is 39.0 Å². The molecule has 0 radical (unpaired) electrons. The van der Waals surface area contributed by atoms with Crippen molar-refractivity contribution in [2.45, 2.75) is 39.0 Å². The van der Waals surface area contributed by atoms with Gasteiger partial charge in [0.1, 0.15) is 0 Å². The van der Waals surface area contributed by atoms with E-state index in [9.17, 15) is 14.4 Å². The Kier molecular flexibility index (Phi) is 4.93. The molecule has 2 atom stereocenters. The molecule has 0 spiro atoms. The average molecular weight is 278 g/mol. The van der Waals surface area contributed by atoms with E-state index in [-0.39, 0.29) is 17.7 Å². The first-order valence-corrected chi connectivity index (χ1v) is 7.40. The molecule has 2 aliphatic rings. The first kappa shape index (κ1) is 14.8. The Morgan fingerprint density at radius 3 is 2.55 bits per heavy atom. The summed E-state index contributed by atoms with van der Waals surface area (Å²) in [6, 6.07) is 0. The van der Waals surface area contributed by atoms with Crippen molar-refractivity contribution in [3.05, 3.63) is 12.2 Å². The van der Waals surface area contributed by atoms with Gasteiger partial charge in [0.15, 0.2) is 0 Å². The molecule has 1 N–H and O–H groups in total. The molecule has 1 aliphatic heterocycles. The van der Waals surface area contributed by atoms with Crippen molar-refractivity contribution < 1.29 is 14.4 Å². The number of hydrogen-bond acceptors (Lipinski definition) is 3. The molecule has 5 heteroatoms. The molecule has 1 aliphatic carbocycles. The summed E-state index contributed by atoms with van der Waals surface area (Å²) < 4.78 is 0. The van der Waals surface area contributed by atoms with Crippen molar-refractivity contribution in [2.24, 2.45) is 11.8 Å². The van der Waals surface area contributed by atoms with E-state index < -0.39 is 0 Å². The number of nitrogens with zero attached hydrogens (tertiary/aromatic N) is 1. The molecule has 5 nitrogen and oxygen atoms in total. The zero-order chi connectivity index (χ0) is 14.5. The van der Waals surface area contributed by atoms with Gasteiger partial charge < -0.3 is 5.32 Å². The van der Waals surface area contributed by atoms with Crippen molar-refractivity contribution in [1.82, 2.24) is 10.2 Å². The number of rotatable bonds is 5. The molecule has 110 valence electrons. The average Bonchev–Trinajstić information content (AvgIpc) is 2.77. The van der Waals surface area contributed by atoms with Crippen molar-refractivity contribution >= 4 is 17.7 Å². The predicted molar refractivity (Wildman–Crippen MR) is 74.6 cm³/mol. The van der Waals surface area contributed by atoms with E-state index in [2.05, 4.69) is 5.32 Å². The molecule has 0 bridgehead atoms. The topological polar surface area (TPSA) is 66.5 Å². The lowest BCUT2D eigenvalue weighted by atomic mass is 9.81. The maximum absolute atomic E-state index is 11.6. The maximum atomic E-state index is 11.6. The van der Waals surface area contributed by atoms with Crippen molar-refractivity contribution in [1.29, 1.82) is 0 Å². The fourth-order valence-electron chi connectivity index (χ4n) is 3.01. The summed E-state index contributed by atoms with van der Waals surface area (Å²) in [5.74, 6) is 0.513. The van der Waals surface area contributed by atoms with E-state index in [4.69, 9.17) is 0 Å². The minimum Gasteiger partial charge on any atom is -0.356 e. The molecule has 1 fully saturated rings. The van der Waals surface area contributed by atoms with E-state index in [1.807, 2.05) is 6.92 Å². The molecule has 1 saturated carbocycles. The maximum Gasteiger partial charge on any atom is 0.253 e. The van der Waals surface area contributed by atoms with Crippen molar-refractivity contribution in [3.63, 3.8) is 0 Å². The molecule has 0 saturated heterocycles. The number of carbonyl (C=O) groups is 3. The normalized spacial score (nSPS) is 26.1. The van der Waals surface area contributed by atoms with E-state index in [0.717, 1.165) is 25.7 Å². The molecule has 20 heavy (non-hydrogen) atoms. The van der Waals surface area contributed by atoms with Gasteiger partial charge in [-0.25, -0.2) is 0 Å². The van der Waals surface area contributed by atoms with Crippen LogP contribution in [-0.4, -0.2) is 35.7 Å². The molecule has 1 heterocycles. The Morgan fingerprint density at radius 1 is 1.25 bits per heavy atom. The van der Waals surface area contributed by atoms with Gasteiger partial charge in [-0.15, -0.1) is 0 Å². The third kappa shape index (κ3) is 3.68. The van der Waals surface area contributed by atoms with Gasteiger partial charge in [-0.1, -0.05) is 13.3 Å². The first-order valence-electron chi connectivity index (χ1n) is 7.40. The van der Waals surface area contributed by atoms with Gasteiger partial charge in [-0.2, -0.15) is 0 Å². The van der Waals surface area contributed by atoms with Gasteiger partial charge >= 0.3 is 0 Å². The number of carbonyl (C=O) groups excluding carboxylic acids is 3.